The van der Waals surface area contributed by atoms with E-state index in [1.165, 1.54) is 36.8 Å². The number of rotatable bonds is 4. The van der Waals surface area contributed by atoms with E-state index in [2.05, 4.69) is 50.0 Å². The Morgan fingerprint density at radius 3 is 2.50 bits per heavy atom. The van der Waals surface area contributed by atoms with Crippen molar-refractivity contribution in [3.63, 3.8) is 0 Å². The molecule has 0 heterocycles. The quantitative estimate of drug-likeness (QED) is 0.827. The van der Waals surface area contributed by atoms with E-state index in [1.54, 1.807) is 0 Å². The fourth-order valence-corrected chi connectivity index (χ4v) is 2.78. The standard InChI is InChI=1S/C17H25N/c1-4-15-9-11-16(12-10-15)14(3)18-17-8-6-5-7-13(17)2/h9-13,17-18H,3-8H2,1-2H3. The minimum atomic E-state index is 0.608. The van der Waals surface area contributed by atoms with Crippen molar-refractivity contribution in [2.24, 2.45) is 5.92 Å². The Balaban J connectivity index is 1.97. The first-order chi connectivity index (χ1) is 8.70. The minimum Gasteiger partial charge on any atom is -0.382 e. The van der Waals surface area contributed by atoms with Crippen LogP contribution in [0.1, 0.15) is 50.7 Å². The summed E-state index contributed by atoms with van der Waals surface area (Å²) in [4.78, 5) is 0. The fraction of sp³-hybridized carbons (Fsp3) is 0.529. The van der Waals surface area contributed by atoms with Crippen molar-refractivity contribution in [2.75, 3.05) is 0 Å². The van der Waals surface area contributed by atoms with Gasteiger partial charge in [-0.15, -0.1) is 0 Å². The smallest absolute Gasteiger partial charge is 0.0342 e. The molecular weight excluding hydrogens is 218 g/mol. The van der Waals surface area contributed by atoms with Crippen molar-refractivity contribution in [3.05, 3.63) is 42.0 Å². The zero-order valence-corrected chi connectivity index (χ0v) is 11.7. The summed E-state index contributed by atoms with van der Waals surface area (Å²) in [6.45, 7) is 8.74. The van der Waals surface area contributed by atoms with Crippen LogP contribution in [-0.4, -0.2) is 6.04 Å². The van der Waals surface area contributed by atoms with Crippen LogP contribution in [0.25, 0.3) is 5.70 Å². The van der Waals surface area contributed by atoms with Crippen molar-refractivity contribution in [2.45, 2.75) is 52.0 Å². The van der Waals surface area contributed by atoms with Crippen LogP contribution < -0.4 is 5.32 Å². The SMILES string of the molecule is C=C(NC1CCCCC1C)c1ccc(CC)cc1. The third-order valence-electron chi connectivity index (χ3n) is 4.18. The molecule has 1 nitrogen and oxygen atoms in total. The van der Waals surface area contributed by atoms with Crippen LogP contribution in [0.2, 0.25) is 0 Å². The molecule has 98 valence electrons. The number of aryl methyl sites for hydroxylation is 1. The van der Waals surface area contributed by atoms with E-state index in [0.29, 0.717) is 6.04 Å². The van der Waals surface area contributed by atoms with Gasteiger partial charge in [0.25, 0.3) is 0 Å². The predicted molar refractivity (Wildman–Crippen MR) is 79.4 cm³/mol. The van der Waals surface area contributed by atoms with Gasteiger partial charge in [0.2, 0.25) is 0 Å². The molecule has 0 spiro atoms. The average Bonchev–Trinajstić information content (AvgIpc) is 2.41. The van der Waals surface area contributed by atoms with Crippen LogP contribution in [0.3, 0.4) is 0 Å². The van der Waals surface area contributed by atoms with Crippen LogP contribution in [-0.2, 0) is 6.42 Å². The summed E-state index contributed by atoms with van der Waals surface area (Å²) in [6.07, 6.45) is 6.47. The van der Waals surface area contributed by atoms with Gasteiger partial charge in [0.05, 0.1) is 0 Å². The summed E-state index contributed by atoms with van der Waals surface area (Å²) in [5, 5.41) is 3.63. The molecule has 1 aliphatic rings. The van der Waals surface area contributed by atoms with Crippen LogP contribution >= 0.6 is 0 Å². The van der Waals surface area contributed by atoms with Gasteiger partial charge >= 0.3 is 0 Å². The number of nitrogens with one attached hydrogen (secondary N) is 1. The van der Waals surface area contributed by atoms with Gasteiger partial charge in [0, 0.05) is 11.7 Å². The lowest BCUT2D eigenvalue weighted by Gasteiger charge is -2.31. The molecule has 0 aliphatic heterocycles. The van der Waals surface area contributed by atoms with Gasteiger partial charge in [0.15, 0.2) is 0 Å². The molecule has 1 fully saturated rings. The molecule has 1 N–H and O–H groups in total. The van der Waals surface area contributed by atoms with Gasteiger partial charge in [0.1, 0.15) is 0 Å². The predicted octanol–water partition coefficient (Wildman–Crippen LogP) is 4.39. The zero-order valence-electron chi connectivity index (χ0n) is 11.7. The molecule has 0 aromatic heterocycles. The molecule has 1 aliphatic carbocycles. The molecule has 1 aromatic rings. The molecule has 2 unspecified atom stereocenters. The van der Waals surface area contributed by atoms with E-state index >= 15 is 0 Å². The highest BCUT2D eigenvalue weighted by atomic mass is 14.9. The van der Waals surface area contributed by atoms with E-state index in [9.17, 15) is 0 Å². The summed E-state index contributed by atoms with van der Waals surface area (Å²) in [5.41, 5.74) is 3.69. The number of benzene rings is 1. The molecule has 1 aromatic carbocycles. The Morgan fingerprint density at radius 1 is 1.22 bits per heavy atom. The highest BCUT2D eigenvalue weighted by Gasteiger charge is 2.21. The summed E-state index contributed by atoms with van der Waals surface area (Å²) >= 11 is 0. The molecule has 18 heavy (non-hydrogen) atoms. The summed E-state index contributed by atoms with van der Waals surface area (Å²) in [7, 11) is 0. The molecule has 0 amide bonds. The minimum absolute atomic E-state index is 0.608. The molecule has 2 atom stereocenters. The second-order valence-corrected chi connectivity index (χ2v) is 5.54. The molecule has 0 bridgehead atoms. The number of hydrogen-bond donors (Lipinski definition) is 1. The lowest BCUT2D eigenvalue weighted by molar-refractivity contribution is 0.305. The Morgan fingerprint density at radius 2 is 1.89 bits per heavy atom. The first-order valence-corrected chi connectivity index (χ1v) is 7.25. The van der Waals surface area contributed by atoms with Gasteiger partial charge in [-0.1, -0.05) is 57.5 Å². The summed E-state index contributed by atoms with van der Waals surface area (Å²) in [5.74, 6) is 0.769. The second-order valence-electron chi connectivity index (χ2n) is 5.54. The monoisotopic (exact) mass is 243 g/mol. The van der Waals surface area contributed by atoms with E-state index in [1.807, 2.05) is 0 Å². The van der Waals surface area contributed by atoms with Gasteiger partial charge in [-0.25, -0.2) is 0 Å². The molecule has 0 radical (unpaired) electrons. The van der Waals surface area contributed by atoms with E-state index in [-0.39, 0.29) is 0 Å². The number of hydrogen-bond acceptors (Lipinski definition) is 1. The normalized spacial score (nSPS) is 23.7. The fourth-order valence-electron chi connectivity index (χ4n) is 2.78. The Kier molecular flexibility index (Phi) is 4.46. The van der Waals surface area contributed by atoms with Crippen molar-refractivity contribution in [3.8, 4) is 0 Å². The Bertz CT molecular complexity index is 391. The lowest BCUT2D eigenvalue weighted by Crippen LogP contribution is -2.35. The van der Waals surface area contributed by atoms with Crippen molar-refractivity contribution >= 4 is 5.70 Å². The second kappa shape index (κ2) is 6.08. The molecule has 0 saturated heterocycles. The third kappa shape index (κ3) is 3.16. The molecule has 1 heteroatoms. The lowest BCUT2D eigenvalue weighted by atomic mass is 9.85. The van der Waals surface area contributed by atoms with Crippen LogP contribution in [0, 0.1) is 5.92 Å². The highest BCUT2D eigenvalue weighted by molar-refractivity contribution is 5.62. The largest absolute Gasteiger partial charge is 0.382 e. The van der Waals surface area contributed by atoms with Crippen molar-refractivity contribution in [1.29, 1.82) is 0 Å². The van der Waals surface area contributed by atoms with Gasteiger partial charge in [-0.05, 0) is 36.3 Å². The first kappa shape index (κ1) is 13.2. The average molecular weight is 243 g/mol. The van der Waals surface area contributed by atoms with Crippen molar-refractivity contribution < 1.29 is 0 Å². The summed E-state index contributed by atoms with van der Waals surface area (Å²) < 4.78 is 0. The summed E-state index contributed by atoms with van der Waals surface area (Å²) in [6, 6.07) is 9.37. The maximum Gasteiger partial charge on any atom is 0.0342 e. The maximum atomic E-state index is 4.20. The Hall–Kier alpha value is -1.24. The van der Waals surface area contributed by atoms with E-state index < -0.39 is 0 Å². The van der Waals surface area contributed by atoms with Crippen LogP contribution in [0.4, 0.5) is 0 Å². The molecular formula is C17H25N. The van der Waals surface area contributed by atoms with Gasteiger partial charge < -0.3 is 5.32 Å². The van der Waals surface area contributed by atoms with E-state index in [4.69, 9.17) is 0 Å². The van der Waals surface area contributed by atoms with Crippen LogP contribution in [0.15, 0.2) is 30.8 Å². The van der Waals surface area contributed by atoms with E-state index in [0.717, 1.165) is 18.0 Å². The van der Waals surface area contributed by atoms with Gasteiger partial charge in [-0.3, -0.25) is 0 Å². The molecule has 2 rings (SSSR count). The topological polar surface area (TPSA) is 12.0 Å². The molecule has 1 saturated carbocycles. The third-order valence-corrected chi connectivity index (χ3v) is 4.18. The van der Waals surface area contributed by atoms with Crippen molar-refractivity contribution in [1.82, 2.24) is 5.32 Å². The van der Waals surface area contributed by atoms with Crippen LogP contribution in [0.5, 0.6) is 0 Å². The Labute approximate surface area is 111 Å². The highest BCUT2D eigenvalue weighted by Crippen LogP contribution is 2.25. The first-order valence-electron chi connectivity index (χ1n) is 7.25. The zero-order chi connectivity index (χ0) is 13.0. The van der Waals surface area contributed by atoms with Gasteiger partial charge in [-0.2, -0.15) is 0 Å². The maximum absolute atomic E-state index is 4.20.